The zero-order chi connectivity index (χ0) is 12.0. The Kier molecular flexibility index (Phi) is 3.98. The molecule has 0 atom stereocenters. The third-order valence-corrected chi connectivity index (χ3v) is 1.91. The van der Waals surface area contributed by atoms with E-state index in [9.17, 15) is 9.59 Å². The Morgan fingerprint density at radius 3 is 2.31 bits per heavy atom. The van der Waals surface area contributed by atoms with Gasteiger partial charge in [-0.25, -0.2) is 4.79 Å². The maximum absolute atomic E-state index is 11.1. The quantitative estimate of drug-likeness (QED) is 0.332. The first-order chi connectivity index (χ1) is 7.71. The van der Waals surface area contributed by atoms with Crippen LogP contribution in [0, 0.1) is 11.3 Å². The molecule has 0 saturated carbocycles. The molecule has 0 aliphatic heterocycles. The van der Waals surface area contributed by atoms with Crippen LogP contribution in [0.2, 0.25) is 0 Å². The van der Waals surface area contributed by atoms with E-state index in [1.165, 1.54) is 13.2 Å². The lowest BCUT2D eigenvalue weighted by molar-refractivity contribution is -0.135. The Morgan fingerprint density at radius 2 is 1.88 bits per heavy atom. The van der Waals surface area contributed by atoms with Gasteiger partial charge in [-0.3, -0.25) is 4.79 Å². The highest BCUT2D eigenvalue weighted by atomic mass is 16.5. The Bertz CT molecular complexity index is 466. The number of carbonyl (C=O) groups excluding carboxylic acids is 2. The van der Waals surface area contributed by atoms with Crippen molar-refractivity contribution in [2.75, 3.05) is 7.11 Å². The molecule has 0 fully saturated rings. The minimum atomic E-state index is -0.679. The first-order valence-electron chi connectivity index (χ1n) is 4.46. The average Bonchev–Trinajstić information content (AvgIpc) is 2.35. The topological polar surface area (TPSA) is 67.2 Å². The lowest BCUT2D eigenvalue weighted by atomic mass is 10.1. The minimum absolute atomic E-state index is 0.0821. The maximum Gasteiger partial charge on any atom is 0.348 e. The number of esters is 1. The fraction of sp³-hybridized carbons (Fsp3) is 0.0833. The molecule has 80 valence electrons. The van der Waals surface area contributed by atoms with E-state index in [0.717, 1.165) is 6.29 Å². The second-order valence-corrected chi connectivity index (χ2v) is 2.95. The molecule has 0 amide bonds. The maximum atomic E-state index is 11.1. The van der Waals surface area contributed by atoms with Crippen molar-refractivity contribution < 1.29 is 14.3 Å². The van der Waals surface area contributed by atoms with E-state index in [0.29, 0.717) is 11.1 Å². The summed E-state index contributed by atoms with van der Waals surface area (Å²) in [4.78, 5) is 21.5. The molecular weight excluding hydrogens is 206 g/mol. The van der Waals surface area contributed by atoms with Gasteiger partial charge in [0.1, 0.15) is 17.9 Å². The molecule has 0 aliphatic carbocycles. The summed E-state index contributed by atoms with van der Waals surface area (Å²) >= 11 is 0. The lowest BCUT2D eigenvalue weighted by Crippen LogP contribution is -2.02. The van der Waals surface area contributed by atoms with Crippen molar-refractivity contribution in [3.8, 4) is 6.07 Å². The van der Waals surface area contributed by atoms with Crippen molar-refractivity contribution in [1.82, 2.24) is 0 Å². The summed E-state index contributed by atoms with van der Waals surface area (Å²) in [6.45, 7) is 0. The molecule has 0 N–H and O–H groups in total. The number of hydrogen-bond donors (Lipinski definition) is 0. The predicted octanol–water partition coefficient (Wildman–Crippen LogP) is 1.58. The van der Waals surface area contributed by atoms with Crippen LogP contribution in [0.1, 0.15) is 15.9 Å². The molecule has 0 spiro atoms. The Hall–Kier alpha value is -2.41. The molecular formula is C12H9NO3. The van der Waals surface area contributed by atoms with E-state index < -0.39 is 5.97 Å². The van der Waals surface area contributed by atoms with Gasteiger partial charge in [0.15, 0.2) is 0 Å². The second kappa shape index (κ2) is 5.47. The van der Waals surface area contributed by atoms with E-state index in [1.807, 2.05) is 0 Å². The van der Waals surface area contributed by atoms with Gasteiger partial charge in [0.25, 0.3) is 0 Å². The van der Waals surface area contributed by atoms with Gasteiger partial charge in [0, 0.05) is 5.56 Å². The highest BCUT2D eigenvalue weighted by Gasteiger charge is 2.07. The van der Waals surface area contributed by atoms with Crippen LogP contribution in [0.15, 0.2) is 29.8 Å². The van der Waals surface area contributed by atoms with Crippen LogP contribution >= 0.6 is 0 Å². The number of rotatable bonds is 3. The molecule has 4 heteroatoms. The molecule has 0 aromatic heterocycles. The first-order valence-corrected chi connectivity index (χ1v) is 4.46. The molecule has 0 heterocycles. The second-order valence-electron chi connectivity index (χ2n) is 2.95. The lowest BCUT2D eigenvalue weighted by Gasteiger charge is -1.97. The Balaban J connectivity index is 3.01. The Labute approximate surface area is 92.8 Å². The van der Waals surface area contributed by atoms with Gasteiger partial charge >= 0.3 is 5.97 Å². The molecule has 16 heavy (non-hydrogen) atoms. The van der Waals surface area contributed by atoms with Crippen LogP contribution in [0.5, 0.6) is 0 Å². The van der Waals surface area contributed by atoms with Crippen LogP contribution in [0.3, 0.4) is 0 Å². The smallest absolute Gasteiger partial charge is 0.348 e. The summed E-state index contributed by atoms with van der Waals surface area (Å²) in [5, 5.41) is 8.71. The number of nitrogens with zero attached hydrogens (tertiary/aromatic N) is 1. The van der Waals surface area contributed by atoms with E-state index in [4.69, 9.17) is 5.26 Å². The van der Waals surface area contributed by atoms with Gasteiger partial charge in [0.2, 0.25) is 0 Å². The van der Waals surface area contributed by atoms with Crippen LogP contribution in [-0.2, 0) is 9.53 Å². The van der Waals surface area contributed by atoms with E-state index >= 15 is 0 Å². The van der Waals surface area contributed by atoms with Crippen LogP contribution in [0.4, 0.5) is 0 Å². The van der Waals surface area contributed by atoms with Gasteiger partial charge < -0.3 is 4.74 Å². The van der Waals surface area contributed by atoms with Gasteiger partial charge in [-0.15, -0.1) is 0 Å². The molecule has 1 aromatic rings. The van der Waals surface area contributed by atoms with Gasteiger partial charge in [-0.2, -0.15) is 5.26 Å². The normalized spacial score (nSPS) is 10.4. The van der Waals surface area contributed by atoms with E-state index in [1.54, 1.807) is 30.3 Å². The van der Waals surface area contributed by atoms with E-state index in [2.05, 4.69) is 4.74 Å². The fourth-order valence-electron chi connectivity index (χ4n) is 1.08. The molecule has 1 rings (SSSR count). The largest absolute Gasteiger partial charge is 0.465 e. The number of aldehydes is 1. The minimum Gasteiger partial charge on any atom is -0.465 e. The summed E-state index contributed by atoms with van der Waals surface area (Å²) in [6.07, 6.45) is 2.12. The summed E-state index contributed by atoms with van der Waals surface area (Å²) < 4.78 is 4.43. The number of carbonyl (C=O) groups is 2. The highest BCUT2D eigenvalue weighted by Crippen LogP contribution is 2.08. The third kappa shape index (κ3) is 2.79. The standard InChI is InChI=1S/C12H9NO3/c1-16-12(15)11(7-13)6-9-2-4-10(8-14)5-3-9/h2-6,8H,1H3/b11-6+. The molecule has 0 radical (unpaired) electrons. The molecule has 4 nitrogen and oxygen atoms in total. The number of ether oxygens (including phenoxy) is 1. The molecule has 0 unspecified atom stereocenters. The molecule has 0 saturated heterocycles. The number of nitriles is 1. The van der Waals surface area contributed by atoms with Gasteiger partial charge in [0.05, 0.1) is 7.11 Å². The zero-order valence-corrected chi connectivity index (χ0v) is 8.64. The van der Waals surface area contributed by atoms with Gasteiger partial charge in [-0.05, 0) is 11.6 Å². The van der Waals surface area contributed by atoms with Crippen molar-refractivity contribution in [2.45, 2.75) is 0 Å². The predicted molar refractivity (Wildman–Crippen MR) is 57.4 cm³/mol. The van der Waals surface area contributed by atoms with Crippen molar-refractivity contribution >= 4 is 18.3 Å². The average molecular weight is 215 g/mol. The monoisotopic (exact) mass is 215 g/mol. The molecule has 0 aliphatic rings. The summed E-state index contributed by atoms with van der Waals surface area (Å²) in [7, 11) is 1.21. The first kappa shape index (κ1) is 11.7. The summed E-state index contributed by atoms with van der Waals surface area (Å²) in [5.74, 6) is -0.679. The molecule has 0 bridgehead atoms. The summed E-state index contributed by atoms with van der Waals surface area (Å²) in [5.41, 5.74) is 1.11. The van der Waals surface area contributed by atoms with Crippen molar-refractivity contribution in [1.29, 1.82) is 5.26 Å². The Morgan fingerprint density at radius 1 is 1.31 bits per heavy atom. The number of hydrogen-bond acceptors (Lipinski definition) is 4. The number of methoxy groups -OCH3 is 1. The fourth-order valence-corrected chi connectivity index (χ4v) is 1.08. The number of benzene rings is 1. The van der Waals surface area contributed by atoms with Crippen LogP contribution in [-0.4, -0.2) is 19.4 Å². The SMILES string of the molecule is COC(=O)/C(C#N)=C/c1ccc(C=O)cc1. The van der Waals surface area contributed by atoms with Crippen LogP contribution in [0.25, 0.3) is 6.08 Å². The van der Waals surface area contributed by atoms with Gasteiger partial charge in [-0.1, -0.05) is 24.3 Å². The zero-order valence-electron chi connectivity index (χ0n) is 8.64. The van der Waals surface area contributed by atoms with Crippen molar-refractivity contribution in [3.05, 3.63) is 41.0 Å². The van der Waals surface area contributed by atoms with E-state index in [-0.39, 0.29) is 5.57 Å². The highest BCUT2D eigenvalue weighted by molar-refractivity contribution is 5.97. The molecule has 1 aromatic carbocycles. The van der Waals surface area contributed by atoms with Crippen molar-refractivity contribution in [2.24, 2.45) is 0 Å². The third-order valence-electron chi connectivity index (χ3n) is 1.91. The van der Waals surface area contributed by atoms with Crippen LogP contribution < -0.4 is 0 Å². The summed E-state index contributed by atoms with van der Waals surface area (Å²) in [6, 6.07) is 8.24. The van der Waals surface area contributed by atoms with Crippen molar-refractivity contribution in [3.63, 3.8) is 0 Å².